The number of hydrogen-bond donors (Lipinski definition) is 5. The summed E-state index contributed by atoms with van der Waals surface area (Å²) < 4.78 is 17.0. The second-order valence-electron chi connectivity index (χ2n) is 15.5. The number of benzene rings is 2. The number of aliphatic imine (C=N–C) groups is 1. The van der Waals surface area contributed by atoms with Gasteiger partial charge in [-0.25, -0.2) is 4.98 Å². The Hall–Kier alpha value is -7.16. The summed E-state index contributed by atoms with van der Waals surface area (Å²) in [6.45, 7) is 16.4. The van der Waals surface area contributed by atoms with Crippen molar-refractivity contribution in [2.45, 2.75) is 66.2 Å². The normalized spacial score (nSPS) is 13.2. The lowest BCUT2D eigenvalue weighted by Gasteiger charge is -2.28. The fourth-order valence-corrected chi connectivity index (χ4v) is 7.51. The number of likely N-dealkylation sites (tertiary alicyclic amines) is 1. The van der Waals surface area contributed by atoms with Gasteiger partial charge >= 0.3 is 0 Å². The van der Waals surface area contributed by atoms with Crippen LogP contribution in [0.3, 0.4) is 0 Å². The van der Waals surface area contributed by atoms with E-state index in [-0.39, 0.29) is 36.3 Å². The lowest BCUT2D eigenvalue weighted by molar-refractivity contribution is 0.0991. The lowest BCUT2D eigenvalue weighted by atomic mass is 10.1. The number of methoxy groups -OCH3 is 1. The molecule has 0 unspecified atom stereocenters. The summed E-state index contributed by atoms with van der Waals surface area (Å²) in [7, 11) is 3.31. The maximum Gasteiger partial charge on any atom is 0.276 e. The van der Waals surface area contributed by atoms with Gasteiger partial charge in [-0.2, -0.15) is 10.2 Å². The molecule has 20 nitrogen and oxygen atoms in total. The van der Waals surface area contributed by atoms with Crippen molar-refractivity contribution in [1.29, 1.82) is 0 Å². The molecule has 66 heavy (non-hydrogen) atoms. The first kappa shape index (κ1) is 49.8. The molecular weight excluding hydrogens is 845 g/mol. The van der Waals surface area contributed by atoms with E-state index in [0.717, 1.165) is 51.0 Å². The van der Waals surface area contributed by atoms with Gasteiger partial charge in [0, 0.05) is 49.9 Å². The smallest absolute Gasteiger partial charge is 0.276 e. The van der Waals surface area contributed by atoms with Crippen molar-refractivity contribution in [3.05, 3.63) is 94.6 Å². The Balaban J connectivity index is 0.000000721. The van der Waals surface area contributed by atoms with Crippen LogP contribution in [0.1, 0.15) is 79.8 Å². The van der Waals surface area contributed by atoms with Gasteiger partial charge in [0.2, 0.25) is 17.8 Å². The van der Waals surface area contributed by atoms with E-state index < -0.39 is 17.7 Å². The number of imidazole rings is 1. The third-order valence-electron chi connectivity index (χ3n) is 10.8. The number of amides is 3. The minimum absolute atomic E-state index is 0.213. The van der Waals surface area contributed by atoms with Crippen LogP contribution in [0.15, 0.2) is 65.7 Å². The molecule has 1 fully saturated rings. The molecule has 0 bridgehead atoms. The number of allylic oxidation sites excluding steroid dienone is 1. The number of carbonyl (C=O) groups excluding carboxylic acids is 4. The second-order valence-corrected chi connectivity index (χ2v) is 15.5. The highest BCUT2D eigenvalue weighted by Gasteiger charge is 2.23. The van der Waals surface area contributed by atoms with Gasteiger partial charge in [-0.3, -0.25) is 43.8 Å². The molecule has 3 aromatic heterocycles. The minimum atomic E-state index is -0.643. The number of hydrogen-bond acceptors (Lipinski definition) is 14. The maximum absolute atomic E-state index is 13.7. The number of primary amides is 2. The monoisotopic (exact) mass is 906 g/mol. The molecule has 2 aromatic carbocycles. The average molecular weight is 907 g/mol. The number of aryl methyl sites for hydroxylation is 4. The largest absolute Gasteiger partial charge is 0.494 e. The summed E-state index contributed by atoms with van der Waals surface area (Å²) in [4.78, 5) is 61.7. The summed E-state index contributed by atoms with van der Waals surface area (Å²) in [6, 6.07) is 10.0. The van der Waals surface area contributed by atoms with Crippen LogP contribution < -0.4 is 42.2 Å². The Morgan fingerprint density at radius 1 is 0.909 bits per heavy atom. The topological polar surface area (TPSA) is 261 Å². The molecule has 0 spiro atoms. The second kappa shape index (κ2) is 23.7. The van der Waals surface area contributed by atoms with E-state index >= 15 is 0 Å². The van der Waals surface area contributed by atoms with Crippen molar-refractivity contribution in [3.8, 4) is 11.5 Å². The molecule has 20 heteroatoms. The van der Waals surface area contributed by atoms with E-state index in [0.29, 0.717) is 70.7 Å². The molecule has 8 N–H and O–H groups in total. The number of aldehydes is 1. The summed E-state index contributed by atoms with van der Waals surface area (Å²) in [5, 5.41) is 14.6. The van der Waals surface area contributed by atoms with Crippen molar-refractivity contribution < 1.29 is 28.7 Å². The van der Waals surface area contributed by atoms with Crippen LogP contribution >= 0.6 is 0 Å². The van der Waals surface area contributed by atoms with Gasteiger partial charge in [0.25, 0.3) is 5.91 Å². The highest BCUT2D eigenvalue weighted by Crippen LogP contribution is 2.39. The molecule has 3 amide bonds. The number of aromatic nitrogens is 6. The van der Waals surface area contributed by atoms with Gasteiger partial charge in [-0.1, -0.05) is 24.3 Å². The Bertz CT molecular complexity index is 2560. The lowest BCUT2D eigenvalue weighted by Crippen LogP contribution is -2.39. The standard InChI is InChI=1S/C39H52N12O5.C7H10N2O/c1-6-51-31(19-25(2)47-51)38(54)46-39-45-30-21-27(37(42)53)23-33(56-18-10-9-13-48-16-11-28(40)12-17-48)35(30)50(39)15-8-7-14-49(24-43-3)34-29(44-4)20-26(36(41)52)22-32(34)55-5;1-3-9-7(5-10)4-6(2)8-9/h7-10,19-23,28,43H,4,6,11-18,24,40H2,1-3,5H3,(H2,41,52)(H2,42,53)(H,45,46,54);4-5H,3H2,1-2H3/b8-7+,10-9-;. The van der Waals surface area contributed by atoms with Gasteiger partial charge in [-0.15, -0.1) is 0 Å². The van der Waals surface area contributed by atoms with Crippen LogP contribution in [0.25, 0.3) is 11.0 Å². The van der Waals surface area contributed by atoms with Gasteiger partial charge in [-0.05, 0) is 104 Å². The van der Waals surface area contributed by atoms with Crippen LogP contribution in [0, 0.1) is 13.8 Å². The average Bonchev–Trinajstić information content (AvgIpc) is 4.00. The fraction of sp³-hybridized carbons (Fsp3) is 0.391. The van der Waals surface area contributed by atoms with Crippen molar-refractivity contribution in [1.82, 2.24) is 39.3 Å². The molecular formula is C46H62N14O6. The predicted molar refractivity (Wildman–Crippen MR) is 256 cm³/mol. The summed E-state index contributed by atoms with van der Waals surface area (Å²) in [5.74, 6) is -0.650. The zero-order chi connectivity index (χ0) is 47.9. The third-order valence-corrected chi connectivity index (χ3v) is 10.8. The van der Waals surface area contributed by atoms with Crippen LogP contribution in [0.5, 0.6) is 11.5 Å². The van der Waals surface area contributed by atoms with E-state index in [1.54, 1.807) is 52.8 Å². The molecule has 1 aliphatic heterocycles. The SMILES string of the molecule is C=Nc1cc(C(N)=O)cc(OC)c1N(C/C=C/Cn1c(NC(=O)c2cc(C)nn2CC)nc2cc(C(N)=O)cc(OC/C=C\CN3CCC(N)CC3)c21)CNC.CCn1nc(C)cc1C=O. The van der Waals surface area contributed by atoms with Gasteiger partial charge in [0.05, 0.1) is 36.4 Å². The van der Waals surface area contributed by atoms with E-state index in [9.17, 15) is 19.2 Å². The Labute approximate surface area is 384 Å². The molecule has 6 rings (SSSR count). The fourth-order valence-electron chi connectivity index (χ4n) is 7.51. The number of anilines is 2. The van der Waals surface area contributed by atoms with E-state index in [1.807, 2.05) is 55.4 Å². The molecule has 1 aliphatic rings. The molecule has 0 saturated carbocycles. The van der Waals surface area contributed by atoms with Crippen molar-refractivity contribution in [3.63, 3.8) is 0 Å². The first-order chi connectivity index (χ1) is 31.7. The Morgan fingerprint density at radius 3 is 2.18 bits per heavy atom. The van der Waals surface area contributed by atoms with Gasteiger partial charge in [0.15, 0.2) is 6.29 Å². The Kier molecular flexibility index (Phi) is 17.9. The number of nitrogens with zero attached hydrogens (tertiary/aromatic N) is 9. The summed E-state index contributed by atoms with van der Waals surface area (Å²) >= 11 is 0. The number of rotatable bonds is 21. The van der Waals surface area contributed by atoms with Gasteiger partial charge < -0.3 is 41.5 Å². The number of ether oxygens (including phenoxy) is 2. The van der Waals surface area contributed by atoms with E-state index in [4.69, 9.17) is 31.7 Å². The molecule has 0 atom stereocenters. The Morgan fingerprint density at radius 2 is 1.56 bits per heavy atom. The van der Waals surface area contributed by atoms with Crippen LogP contribution in [0.4, 0.5) is 17.3 Å². The maximum atomic E-state index is 13.7. The third kappa shape index (κ3) is 12.5. The molecule has 1 saturated heterocycles. The van der Waals surface area contributed by atoms with Crippen molar-refractivity contribution in [2.24, 2.45) is 22.2 Å². The minimum Gasteiger partial charge on any atom is -0.494 e. The van der Waals surface area contributed by atoms with Gasteiger partial charge in [0.1, 0.15) is 40.7 Å². The van der Waals surface area contributed by atoms with Crippen LogP contribution in [0.2, 0.25) is 0 Å². The molecule has 352 valence electrons. The zero-order valence-electron chi connectivity index (χ0n) is 38.6. The molecule has 0 aliphatic carbocycles. The molecule has 0 radical (unpaired) electrons. The highest BCUT2D eigenvalue weighted by molar-refractivity contribution is 6.04. The quantitative estimate of drug-likeness (QED) is 0.0303. The van der Waals surface area contributed by atoms with Crippen LogP contribution in [-0.2, 0) is 19.6 Å². The van der Waals surface area contributed by atoms with Crippen molar-refractivity contribution >= 4 is 59.1 Å². The number of nitrogens with one attached hydrogen (secondary N) is 2. The van der Waals surface area contributed by atoms with Crippen molar-refractivity contribution in [2.75, 3.05) is 63.8 Å². The first-order valence-electron chi connectivity index (χ1n) is 21.7. The molecule has 5 aromatic rings. The number of nitrogens with two attached hydrogens (primary N) is 3. The zero-order valence-corrected chi connectivity index (χ0v) is 38.6. The number of fused-ring (bicyclic) bond motifs is 1. The number of carbonyl (C=O) groups is 4. The molecule has 4 heterocycles. The summed E-state index contributed by atoms with van der Waals surface area (Å²) in [6.07, 6.45) is 10.6. The first-order valence-corrected chi connectivity index (χ1v) is 21.7. The van der Waals surface area contributed by atoms with E-state index in [1.165, 1.54) is 7.11 Å². The van der Waals surface area contributed by atoms with Crippen LogP contribution in [-0.4, -0.2) is 124 Å². The highest BCUT2D eigenvalue weighted by atomic mass is 16.5. The summed E-state index contributed by atoms with van der Waals surface area (Å²) in [5.41, 5.74) is 22.4. The van der Waals surface area contributed by atoms with E-state index in [2.05, 4.69) is 43.5 Å². The number of piperidine rings is 1. The predicted octanol–water partition coefficient (Wildman–Crippen LogP) is 3.97.